The first-order valence-electron chi connectivity index (χ1n) is 5.89. The Morgan fingerprint density at radius 2 is 2.33 bits per heavy atom. The average molecular weight is 248 g/mol. The van der Waals surface area contributed by atoms with Gasteiger partial charge in [0.15, 0.2) is 5.65 Å². The SMILES string of the molecule is CCCc1cc(COC)n2ccc(C(=O)O)c2n1. The molecule has 96 valence electrons. The fraction of sp³-hybridized carbons (Fsp3) is 0.385. The smallest absolute Gasteiger partial charge is 0.339 e. The number of hydrogen-bond donors (Lipinski definition) is 1. The summed E-state index contributed by atoms with van der Waals surface area (Å²) in [6.45, 7) is 2.50. The van der Waals surface area contributed by atoms with Crippen LogP contribution in [-0.2, 0) is 17.8 Å². The minimum Gasteiger partial charge on any atom is -0.478 e. The van der Waals surface area contributed by atoms with Crippen LogP contribution in [0.2, 0.25) is 0 Å². The molecule has 0 aliphatic heterocycles. The molecule has 0 spiro atoms. The number of hydrogen-bond acceptors (Lipinski definition) is 3. The Balaban J connectivity index is 2.62. The van der Waals surface area contributed by atoms with E-state index in [4.69, 9.17) is 9.84 Å². The van der Waals surface area contributed by atoms with Crippen molar-refractivity contribution in [2.75, 3.05) is 7.11 Å². The highest BCUT2D eigenvalue weighted by atomic mass is 16.5. The van der Waals surface area contributed by atoms with Crippen LogP contribution in [0.3, 0.4) is 0 Å². The molecule has 0 unspecified atom stereocenters. The summed E-state index contributed by atoms with van der Waals surface area (Å²) in [6, 6.07) is 3.53. The molecule has 2 aromatic heterocycles. The van der Waals surface area contributed by atoms with Crippen LogP contribution in [0.1, 0.15) is 35.1 Å². The van der Waals surface area contributed by atoms with Gasteiger partial charge in [0.05, 0.1) is 12.3 Å². The highest BCUT2D eigenvalue weighted by Gasteiger charge is 2.14. The minimum absolute atomic E-state index is 0.227. The van der Waals surface area contributed by atoms with Gasteiger partial charge in [-0.15, -0.1) is 0 Å². The Hall–Kier alpha value is -1.88. The van der Waals surface area contributed by atoms with E-state index in [-0.39, 0.29) is 5.56 Å². The largest absolute Gasteiger partial charge is 0.478 e. The molecule has 0 fully saturated rings. The van der Waals surface area contributed by atoms with E-state index in [9.17, 15) is 4.79 Å². The summed E-state index contributed by atoms with van der Waals surface area (Å²) in [5, 5.41) is 9.13. The third kappa shape index (κ3) is 2.22. The van der Waals surface area contributed by atoms with Crippen LogP contribution in [0.25, 0.3) is 5.65 Å². The molecule has 2 aromatic rings. The van der Waals surface area contributed by atoms with Crippen molar-refractivity contribution in [1.29, 1.82) is 0 Å². The molecule has 18 heavy (non-hydrogen) atoms. The van der Waals surface area contributed by atoms with Crippen molar-refractivity contribution in [2.45, 2.75) is 26.4 Å². The summed E-state index contributed by atoms with van der Waals surface area (Å²) in [5.41, 5.74) is 2.53. The number of fused-ring (bicyclic) bond motifs is 1. The quantitative estimate of drug-likeness (QED) is 0.880. The maximum Gasteiger partial charge on any atom is 0.339 e. The van der Waals surface area contributed by atoms with Crippen molar-refractivity contribution in [3.8, 4) is 0 Å². The predicted octanol–water partition coefficient (Wildman–Crippen LogP) is 2.13. The molecular formula is C13H16N2O3. The van der Waals surface area contributed by atoms with Crippen LogP contribution in [0.15, 0.2) is 18.3 Å². The molecular weight excluding hydrogens is 232 g/mol. The Morgan fingerprint density at radius 1 is 1.56 bits per heavy atom. The topological polar surface area (TPSA) is 63.8 Å². The number of carboxylic acids is 1. The number of ether oxygens (including phenoxy) is 1. The number of nitrogens with zero attached hydrogens (tertiary/aromatic N) is 2. The van der Waals surface area contributed by atoms with Crippen LogP contribution in [0, 0.1) is 0 Å². The van der Waals surface area contributed by atoms with E-state index in [1.54, 1.807) is 23.8 Å². The van der Waals surface area contributed by atoms with Crippen LogP contribution in [0.5, 0.6) is 0 Å². The molecule has 0 aromatic carbocycles. The van der Waals surface area contributed by atoms with Gasteiger partial charge in [0.25, 0.3) is 0 Å². The van der Waals surface area contributed by atoms with E-state index < -0.39 is 5.97 Å². The van der Waals surface area contributed by atoms with Crippen molar-refractivity contribution in [2.24, 2.45) is 0 Å². The molecule has 0 amide bonds. The second-order valence-electron chi connectivity index (χ2n) is 4.15. The van der Waals surface area contributed by atoms with Gasteiger partial charge in [-0.1, -0.05) is 13.3 Å². The predicted molar refractivity (Wildman–Crippen MR) is 66.9 cm³/mol. The van der Waals surface area contributed by atoms with E-state index in [0.717, 1.165) is 24.2 Å². The number of aromatic nitrogens is 2. The number of methoxy groups -OCH3 is 1. The number of carboxylic acid groups (broad SMARTS) is 1. The van der Waals surface area contributed by atoms with Crippen molar-refractivity contribution in [1.82, 2.24) is 9.38 Å². The van der Waals surface area contributed by atoms with Gasteiger partial charge in [-0.3, -0.25) is 0 Å². The summed E-state index contributed by atoms with van der Waals surface area (Å²) >= 11 is 0. The lowest BCUT2D eigenvalue weighted by Crippen LogP contribution is -2.05. The lowest BCUT2D eigenvalue weighted by atomic mass is 10.2. The van der Waals surface area contributed by atoms with E-state index in [0.29, 0.717) is 12.3 Å². The van der Waals surface area contributed by atoms with Crippen LogP contribution < -0.4 is 0 Å². The maximum absolute atomic E-state index is 11.1. The molecule has 0 radical (unpaired) electrons. The Bertz CT molecular complexity index is 575. The molecule has 0 saturated carbocycles. The molecule has 0 saturated heterocycles. The standard InChI is InChI=1S/C13H16N2O3/c1-3-4-9-7-10(8-18-2)15-6-5-11(13(16)17)12(15)14-9/h5-7H,3-4,8H2,1-2H3,(H,16,17). The van der Waals surface area contributed by atoms with Crippen molar-refractivity contribution >= 4 is 11.6 Å². The lowest BCUT2D eigenvalue weighted by molar-refractivity contribution is 0.0699. The van der Waals surface area contributed by atoms with Crippen molar-refractivity contribution in [3.05, 3.63) is 35.3 Å². The molecule has 2 heterocycles. The molecule has 5 heteroatoms. The molecule has 1 N–H and O–H groups in total. The van der Waals surface area contributed by atoms with E-state index in [1.807, 2.05) is 6.07 Å². The summed E-state index contributed by atoms with van der Waals surface area (Å²) in [4.78, 5) is 15.5. The number of carbonyl (C=O) groups is 1. The van der Waals surface area contributed by atoms with Crippen LogP contribution in [0.4, 0.5) is 0 Å². The molecule has 5 nitrogen and oxygen atoms in total. The first-order chi connectivity index (χ1) is 8.67. The minimum atomic E-state index is -0.956. The normalized spacial score (nSPS) is 11.0. The molecule has 0 atom stereocenters. The van der Waals surface area contributed by atoms with Gasteiger partial charge < -0.3 is 14.2 Å². The van der Waals surface area contributed by atoms with Gasteiger partial charge in [-0.05, 0) is 18.6 Å². The van der Waals surface area contributed by atoms with Gasteiger partial charge in [0, 0.05) is 19.0 Å². The number of aromatic carboxylic acids is 1. The Morgan fingerprint density at radius 3 is 2.94 bits per heavy atom. The number of rotatable bonds is 5. The second kappa shape index (κ2) is 5.18. The molecule has 0 bridgehead atoms. The van der Waals surface area contributed by atoms with E-state index in [2.05, 4.69) is 11.9 Å². The second-order valence-corrected chi connectivity index (χ2v) is 4.15. The summed E-state index contributed by atoms with van der Waals surface area (Å²) in [7, 11) is 1.62. The van der Waals surface area contributed by atoms with Crippen molar-refractivity contribution < 1.29 is 14.6 Å². The molecule has 0 aliphatic rings. The summed E-state index contributed by atoms with van der Waals surface area (Å²) in [6.07, 6.45) is 3.52. The van der Waals surface area contributed by atoms with E-state index >= 15 is 0 Å². The van der Waals surface area contributed by atoms with Crippen molar-refractivity contribution in [3.63, 3.8) is 0 Å². The summed E-state index contributed by atoms with van der Waals surface area (Å²) in [5.74, 6) is -0.956. The molecule has 0 aliphatic carbocycles. The van der Waals surface area contributed by atoms with Gasteiger partial charge >= 0.3 is 5.97 Å². The fourth-order valence-electron chi connectivity index (χ4n) is 2.01. The Kier molecular flexibility index (Phi) is 3.62. The monoisotopic (exact) mass is 248 g/mol. The number of aryl methyl sites for hydroxylation is 1. The lowest BCUT2D eigenvalue weighted by Gasteiger charge is -2.08. The van der Waals surface area contributed by atoms with Crippen LogP contribution >= 0.6 is 0 Å². The highest BCUT2D eigenvalue weighted by Crippen LogP contribution is 2.16. The zero-order valence-corrected chi connectivity index (χ0v) is 10.5. The third-order valence-corrected chi connectivity index (χ3v) is 2.78. The van der Waals surface area contributed by atoms with E-state index in [1.165, 1.54) is 0 Å². The van der Waals surface area contributed by atoms with Gasteiger partial charge in [-0.25, -0.2) is 9.78 Å². The first-order valence-corrected chi connectivity index (χ1v) is 5.89. The van der Waals surface area contributed by atoms with Gasteiger partial charge in [0.2, 0.25) is 0 Å². The van der Waals surface area contributed by atoms with Gasteiger partial charge in [-0.2, -0.15) is 0 Å². The van der Waals surface area contributed by atoms with Crippen LogP contribution in [-0.4, -0.2) is 27.6 Å². The highest BCUT2D eigenvalue weighted by molar-refractivity contribution is 5.94. The first kappa shape index (κ1) is 12.6. The fourth-order valence-corrected chi connectivity index (χ4v) is 2.01. The summed E-state index contributed by atoms with van der Waals surface area (Å²) < 4.78 is 6.91. The maximum atomic E-state index is 11.1. The Labute approximate surface area is 105 Å². The zero-order chi connectivity index (χ0) is 13.1. The third-order valence-electron chi connectivity index (χ3n) is 2.78. The molecule has 2 rings (SSSR count). The average Bonchev–Trinajstić information content (AvgIpc) is 2.73. The van der Waals surface area contributed by atoms with Gasteiger partial charge in [0.1, 0.15) is 5.56 Å². The zero-order valence-electron chi connectivity index (χ0n) is 10.5.